The minimum atomic E-state index is -1.04. The predicted molar refractivity (Wildman–Crippen MR) is 122 cm³/mol. The average Bonchev–Trinajstić information content (AvgIpc) is 3.54. The summed E-state index contributed by atoms with van der Waals surface area (Å²) in [6.45, 7) is 1.99. The molecule has 2 aromatic carbocycles. The minimum absolute atomic E-state index is 0.0343. The van der Waals surface area contributed by atoms with Crippen molar-refractivity contribution in [1.29, 1.82) is 0 Å². The number of carbonyl (C=O) groups is 2. The maximum absolute atomic E-state index is 13.7. The van der Waals surface area contributed by atoms with Gasteiger partial charge in [0.05, 0.1) is 11.3 Å². The second kappa shape index (κ2) is 8.20. The molecule has 0 aliphatic carbocycles. The van der Waals surface area contributed by atoms with Crippen LogP contribution in [0.4, 0.5) is 25.8 Å². The summed E-state index contributed by atoms with van der Waals surface area (Å²) in [7, 11) is 0. The Labute approximate surface area is 187 Å². The van der Waals surface area contributed by atoms with Crippen LogP contribution in [0.25, 0.3) is 5.57 Å². The van der Waals surface area contributed by atoms with Gasteiger partial charge in [-0.05, 0) is 60.7 Å². The smallest absolute Gasteiger partial charge is 0.282 e. The van der Waals surface area contributed by atoms with E-state index in [2.05, 4.69) is 10.2 Å². The quantitative estimate of drug-likeness (QED) is 0.554. The fourth-order valence-corrected chi connectivity index (χ4v) is 4.80. The van der Waals surface area contributed by atoms with E-state index < -0.39 is 23.4 Å². The van der Waals surface area contributed by atoms with Crippen LogP contribution in [0.5, 0.6) is 0 Å². The molecule has 5 rings (SSSR count). The number of hydrogen-bond donors (Lipinski definition) is 1. The van der Waals surface area contributed by atoms with Gasteiger partial charge in [0.25, 0.3) is 11.8 Å². The number of rotatable bonds is 5. The van der Waals surface area contributed by atoms with Crippen molar-refractivity contribution in [2.75, 3.05) is 28.2 Å². The molecule has 1 fully saturated rings. The van der Waals surface area contributed by atoms with E-state index in [0.717, 1.165) is 48.7 Å². The van der Waals surface area contributed by atoms with Crippen LogP contribution in [-0.2, 0) is 9.59 Å². The molecule has 0 bridgehead atoms. The average molecular weight is 451 g/mol. The van der Waals surface area contributed by atoms with Crippen molar-refractivity contribution in [3.05, 3.63) is 82.2 Å². The van der Waals surface area contributed by atoms with E-state index in [-0.39, 0.29) is 17.0 Å². The van der Waals surface area contributed by atoms with Crippen LogP contribution in [-0.4, -0.2) is 24.9 Å². The molecule has 1 aromatic heterocycles. The normalized spacial score (nSPS) is 16.4. The van der Waals surface area contributed by atoms with Gasteiger partial charge >= 0.3 is 0 Å². The summed E-state index contributed by atoms with van der Waals surface area (Å²) in [6.07, 6.45) is 2.30. The number of benzene rings is 2. The molecule has 3 aromatic rings. The molecule has 1 saturated heterocycles. The van der Waals surface area contributed by atoms with Crippen molar-refractivity contribution in [2.45, 2.75) is 12.8 Å². The largest absolute Gasteiger partial charge is 0.372 e. The van der Waals surface area contributed by atoms with Gasteiger partial charge in [-0.25, -0.2) is 13.7 Å². The molecule has 2 aliphatic rings. The Morgan fingerprint density at radius 2 is 1.56 bits per heavy atom. The van der Waals surface area contributed by atoms with Gasteiger partial charge in [0, 0.05) is 35.4 Å². The number of imide groups is 1. The molecule has 0 saturated carbocycles. The Hall–Kier alpha value is -3.52. The van der Waals surface area contributed by atoms with E-state index in [1.54, 1.807) is 24.3 Å². The zero-order valence-electron chi connectivity index (χ0n) is 17.0. The number of halogens is 2. The second-order valence-corrected chi connectivity index (χ2v) is 8.59. The summed E-state index contributed by atoms with van der Waals surface area (Å²) in [5, 5.41) is 4.65. The van der Waals surface area contributed by atoms with Gasteiger partial charge < -0.3 is 10.2 Å². The number of thiophene rings is 1. The maximum Gasteiger partial charge on any atom is 0.282 e. The minimum Gasteiger partial charge on any atom is -0.372 e. The lowest BCUT2D eigenvalue weighted by atomic mass is 10.2. The van der Waals surface area contributed by atoms with Crippen LogP contribution in [0.15, 0.2) is 65.7 Å². The van der Waals surface area contributed by atoms with Crippen molar-refractivity contribution in [2.24, 2.45) is 0 Å². The van der Waals surface area contributed by atoms with Crippen LogP contribution in [0.3, 0.4) is 0 Å². The molecule has 0 radical (unpaired) electrons. The summed E-state index contributed by atoms with van der Waals surface area (Å²) in [6, 6.07) is 14.1. The first-order chi connectivity index (χ1) is 15.5. The number of anilines is 3. The standard InChI is InChI=1S/C24H19F2N3O2S/c25-18-10-5-15(14-19(18)26)27-22-21(20-4-3-13-32-20)23(30)29(24(22)31)17-8-6-16(7-9-17)28-11-1-2-12-28/h3-10,13-14,27H,1-2,11-12H2. The van der Waals surface area contributed by atoms with E-state index >= 15 is 0 Å². The first-order valence-electron chi connectivity index (χ1n) is 10.3. The molecule has 1 N–H and O–H groups in total. The molecular weight excluding hydrogens is 432 g/mol. The van der Waals surface area contributed by atoms with Gasteiger partial charge in [0.15, 0.2) is 11.6 Å². The lowest BCUT2D eigenvalue weighted by Gasteiger charge is -2.20. The van der Waals surface area contributed by atoms with Crippen LogP contribution < -0.4 is 15.1 Å². The topological polar surface area (TPSA) is 52.7 Å². The highest BCUT2D eigenvalue weighted by Crippen LogP contribution is 2.36. The second-order valence-electron chi connectivity index (χ2n) is 7.64. The van der Waals surface area contributed by atoms with Crippen molar-refractivity contribution < 1.29 is 18.4 Å². The van der Waals surface area contributed by atoms with Crippen LogP contribution in [0.2, 0.25) is 0 Å². The molecule has 2 amide bonds. The van der Waals surface area contributed by atoms with E-state index in [1.165, 1.54) is 17.4 Å². The fourth-order valence-electron chi connectivity index (χ4n) is 4.04. The highest BCUT2D eigenvalue weighted by atomic mass is 32.1. The highest BCUT2D eigenvalue weighted by molar-refractivity contribution is 7.11. The number of hydrogen-bond acceptors (Lipinski definition) is 5. The zero-order valence-corrected chi connectivity index (χ0v) is 17.8. The van der Waals surface area contributed by atoms with Gasteiger partial charge in [-0.1, -0.05) is 6.07 Å². The zero-order chi connectivity index (χ0) is 22.2. The molecule has 3 heterocycles. The fraction of sp³-hybridized carbons (Fsp3) is 0.167. The Bertz CT molecular complexity index is 1220. The third-order valence-corrected chi connectivity index (χ3v) is 6.51. The van der Waals surface area contributed by atoms with Crippen molar-refractivity contribution in [3.8, 4) is 0 Å². The number of amides is 2. The summed E-state index contributed by atoms with van der Waals surface area (Å²) in [5.74, 6) is -3.04. The van der Waals surface area contributed by atoms with Gasteiger partial charge in [0.1, 0.15) is 5.70 Å². The SMILES string of the molecule is O=C1C(Nc2ccc(F)c(F)c2)=C(c2cccs2)C(=O)N1c1ccc(N2CCCC2)cc1. The van der Waals surface area contributed by atoms with Gasteiger partial charge in [-0.15, -0.1) is 11.3 Å². The molecule has 5 nitrogen and oxygen atoms in total. The molecule has 162 valence electrons. The molecule has 2 aliphatic heterocycles. The van der Waals surface area contributed by atoms with Gasteiger partial charge in [0.2, 0.25) is 0 Å². The maximum atomic E-state index is 13.7. The summed E-state index contributed by atoms with van der Waals surface area (Å²) < 4.78 is 27.0. The predicted octanol–water partition coefficient (Wildman–Crippen LogP) is 5.02. The number of carbonyl (C=O) groups excluding carboxylic acids is 2. The van der Waals surface area contributed by atoms with Crippen LogP contribution >= 0.6 is 11.3 Å². The summed E-state index contributed by atoms with van der Waals surface area (Å²) in [4.78, 5) is 30.7. The Kier molecular flexibility index (Phi) is 5.22. The molecule has 0 atom stereocenters. The third kappa shape index (κ3) is 3.56. The monoisotopic (exact) mass is 451 g/mol. The summed E-state index contributed by atoms with van der Waals surface area (Å²) in [5.41, 5.74) is 1.93. The molecule has 0 spiro atoms. The summed E-state index contributed by atoms with van der Waals surface area (Å²) >= 11 is 1.32. The Morgan fingerprint density at radius 3 is 2.22 bits per heavy atom. The first kappa shape index (κ1) is 20.4. The molecule has 0 unspecified atom stereocenters. The van der Waals surface area contributed by atoms with Crippen molar-refractivity contribution in [1.82, 2.24) is 0 Å². The van der Waals surface area contributed by atoms with E-state index in [0.29, 0.717) is 10.6 Å². The lowest BCUT2D eigenvalue weighted by molar-refractivity contribution is -0.120. The first-order valence-corrected chi connectivity index (χ1v) is 11.1. The van der Waals surface area contributed by atoms with Gasteiger partial charge in [-0.2, -0.15) is 0 Å². The highest BCUT2D eigenvalue weighted by Gasteiger charge is 2.40. The molecule has 32 heavy (non-hydrogen) atoms. The lowest BCUT2D eigenvalue weighted by Crippen LogP contribution is -2.32. The van der Waals surface area contributed by atoms with Crippen LogP contribution in [0.1, 0.15) is 17.7 Å². The molecular formula is C24H19F2N3O2S. The van der Waals surface area contributed by atoms with E-state index in [9.17, 15) is 18.4 Å². The van der Waals surface area contributed by atoms with E-state index in [4.69, 9.17) is 0 Å². The Balaban J connectivity index is 1.50. The van der Waals surface area contributed by atoms with Crippen molar-refractivity contribution in [3.63, 3.8) is 0 Å². The molecule has 8 heteroatoms. The van der Waals surface area contributed by atoms with E-state index in [1.807, 2.05) is 17.5 Å². The number of nitrogens with one attached hydrogen (secondary N) is 1. The number of nitrogens with zero attached hydrogens (tertiary/aromatic N) is 2. The Morgan fingerprint density at radius 1 is 0.844 bits per heavy atom. The third-order valence-electron chi connectivity index (χ3n) is 5.62. The van der Waals surface area contributed by atoms with Gasteiger partial charge in [-0.3, -0.25) is 9.59 Å². The van der Waals surface area contributed by atoms with Crippen molar-refractivity contribution >= 4 is 45.8 Å². The van der Waals surface area contributed by atoms with Crippen LogP contribution in [0, 0.1) is 11.6 Å².